The van der Waals surface area contributed by atoms with Crippen molar-refractivity contribution in [1.82, 2.24) is 0 Å². The summed E-state index contributed by atoms with van der Waals surface area (Å²) in [5, 5.41) is 5.51. The van der Waals surface area contributed by atoms with Crippen molar-refractivity contribution in [2.75, 3.05) is 38.0 Å². The number of fused-ring (bicyclic) bond motifs is 10. The van der Waals surface area contributed by atoms with Crippen molar-refractivity contribution in [2.45, 2.75) is 112 Å². The number of hydrogen-bond acceptors (Lipinski definition) is 2. The van der Waals surface area contributed by atoms with Crippen molar-refractivity contribution >= 4 is 55.7 Å². The highest BCUT2D eigenvalue weighted by atomic mass is 15.2. The molecule has 0 amide bonds. The van der Waals surface area contributed by atoms with Gasteiger partial charge in [0, 0.05) is 83.1 Å². The minimum Gasteiger partial charge on any atom is -0.347 e. The van der Waals surface area contributed by atoms with Crippen LogP contribution in [0.25, 0.3) is 21.5 Å². The third kappa shape index (κ3) is 8.67. The molecule has 2 unspecified atom stereocenters. The Kier molecular flexibility index (Phi) is 13.7. The van der Waals surface area contributed by atoms with Gasteiger partial charge in [-0.25, -0.2) is 0 Å². The van der Waals surface area contributed by atoms with Crippen LogP contribution in [0.15, 0.2) is 254 Å². The molecule has 0 saturated heterocycles. The van der Waals surface area contributed by atoms with Gasteiger partial charge in [-0.05, 0) is 131 Å². The molecule has 0 radical (unpaired) electrons. The summed E-state index contributed by atoms with van der Waals surface area (Å²) in [5.41, 5.74) is 21.5. The van der Waals surface area contributed by atoms with Gasteiger partial charge in [0.2, 0.25) is 11.4 Å². The fourth-order valence-corrected chi connectivity index (χ4v) is 17.9. The molecule has 4 heterocycles. The highest BCUT2D eigenvalue weighted by Gasteiger charge is 2.53. The van der Waals surface area contributed by atoms with E-state index in [0.29, 0.717) is 0 Å². The second-order valence-corrected chi connectivity index (χ2v) is 26.2. The fourth-order valence-electron chi connectivity index (χ4n) is 17.9. The van der Waals surface area contributed by atoms with Crippen LogP contribution in [0, 0.1) is 0 Å². The molecule has 4 nitrogen and oxygen atoms in total. The molecule has 2 fully saturated rings. The number of hydrogen-bond donors (Lipinski definition) is 0. The molecule has 2 saturated carbocycles. The zero-order chi connectivity index (χ0) is 58.0. The van der Waals surface area contributed by atoms with Crippen LogP contribution in [-0.4, -0.2) is 48.8 Å². The monoisotopic (exact) mass is 1120 g/mol. The maximum absolute atomic E-state index is 2.52. The zero-order valence-corrected chi connectivity index (χ0v) is 50.8. The standard InChI is InChI=1S/C82H80N4/c1-83-69-37-19-17-35-67(69)81(55-59-27-9-5-10-28-59,75(83)41-25-39-73-79(51-21-7-22-52-79)77-65-33-15-13-31-63(65)47-49-71(77)85(73)3)57-61-43-45-62(46-44-61)58-82(56-60-29-11-6-12-30-60)68-36-18-20-38-70(68)84(2)76(82)42-26-40-74-80(53-23-8-24-54-80)78-66-34-16-14-32-64(66)48-50-72(78)86(74)4/h5-6,9-20,25-50H,7-8,21-24,51-58H2,1-4H3/q+2. The first kappa shape index (κ1) is 54.1. The molecule has 2 aliphatic carbocycles. The number of rotatable bonds is 12. The van der Waals surface area contributed by atoms with Crippen LogP contribution < -0.4 is 9.80 Å². The van der Waals surface area contributed by atoms with Gasteiger partial charge < -0.3 is 9.80 Å². The summed E-state index contributed by atoms with van der Waals surface area (Å²) < 4.78 is 5.00. The van der Waals surface area contributed by atoms with E-state index in [0.717, 1.165) is 25.7 Å². The van der Waals surface area contributed by atoms with Crippen molar-refractivity contribution in [2.24, 2.45) is 0 Å². The molecule has 426 valence electrons. The smallest absolute Gasteiger partial charge is 0.209 e. The third-order valence-electron chi connectivity index (χ3n) is 21.6. The normalized spacial score (nSPS) is 22.0. The molecule has 0 aromatic heterocycles. The van der Waals surface area contributed by atoms with Gasteiger partial charge in [-0.3, -0.25) is 0 Å². The maximum Gasteiger partial charge on any atom is 0.209 e. The van der Waals surface area contributed by atoms with Crippen LogP contribution in [0.2, 0.25) is 0 Å². The predicted octanol–water partition coefficient (Wildman–Crippen LogP) is 18.5. The quantitative estimate of drug-likeness (QED) is 0.113. The van der Waals surface area contributed by atoms with Gasteiger partial charge in [0.05, 0.1) is 10.8 Å². The van der Waals surface area contributed by atoms with Crippen molar-refractivity contribution in [3.05, 3.63) is 299 Å². The second-order valence-electron chi connectivity index (χ2n) is 26.2. The van der Waals surface area contributed by atoms with Crippen LogP contribution in [0.4, 0.5) is 22.7 Å². The molecule has 6 aliphatic rings. The lowest BCUT2D eigenvalue weighted by atomic mass is 9.67. The summed E-state index contributed by atoms with van der Waals surface area (Å²) in [6.45, 7) is 0. The maximum atomic E-state index is 2.52. The predicted molar refractivity (Wildman–Crippen MR) is 361 cm³/mol. The average Bonchev–Trinajstić information content (AvgIpc) is 1.69. The molecular weight excluding hydrogens is 1040 g/mol. The topological polar surface area (TPSA) is 12.5 Å². The Balaban J connectivity index is 0.801. The fraction of sp³-hybridized carbons (Fsp3) is 0.268. The van der Waals surface area contributed by atoms with Gasteiger partial charge in [-0.2, -0.15) is 9.15 Å². The van der Waals surface area contributed by atoms with Crippen molar-refractivity contribution < 1.29 is 9.15 Å². The lowest BCUT2D eigenvalue weighted by molar-refractivity contribution is -0.401. The first-order valence-corrected chi connectivity index (χ1v) is 32.1. The van der Waals surface area contributed by atoms with Crippen molar-refractivity contribution in [3.8, 4) is 0 Å². The van der Waals surface area contributed by atoms with E-state index in [-0.39, 0.29) is 21.7 Å². The van der Waals surface area contributed by atoms with Gasteiger partial charge in [0.15, 0.2) is 11.4 Å². The highest BCUT2D eigenvalue weighted by molar-refractivity contribution is 6.06. The molecule has 15 rings (SSSR count). The van der Waals surface area contributed by atoms with E-state index >= 15 is 0 Å². The number of nitrogens with zero attached hydrogens (tertiary/aromatic N) is 4. The first-order valence-electron chi connectivity index (χ1n) is 32.1. The summed E-state index contributed by atoms with van der Waals surface area (Å²) in [6.07, 6.45) is 30.7. The van der Waals surface area contributed by atoms with Crippen molar-refractivity contribution in [1.29, 1.82) is 0 Å². The van der Waals surface area contributed by atoms with E-state index in [1.165, 1.54) is 176 Å². The lowest BCUT2D eigenvalue weighted by Crippen LogP contribution is -2.39. The summed E-state index contributed by atoms with van der Waals surface area (Å²) in [5.74, 6) is 0. The molecule has 9 aromatic carbocycles. The molecule has 4 heteroatoms. The minimum absolute atomic E-state index is 0.00137. The first-order chi connectivity index (χ1) is 42.2. The second kappa shape index (κ2) is 21.7. The Morgan fingerprint density at radius 3 is 1.13 bits per heavy atom. The van der Waals surface area contributed by atoms with Crippen LogP contribution in [-0.2, 0) is 47.3 Å². The average molecular weight is 1120 g/mol. The van der Waals surface area contributed by atoms with E-state index in [1.54, 1.807) is 0 Å². The number of likely N-dealkylation sites (N-methyl/N-ethyl adjacent to an activating group) is 2. The highest BCUT2D eigenvalue weighted by Crippen LogP contribution is 2.59. The number of allylic oxidation sites excluding steroid dienone is 8. The summed E-state index contributed by atoms with van der Waals surface area (Å²) in [7, 11) is 9.23. The van der Waals surface area contributed by atoms with Gasteiger partial charge in [0.1, 0.15) is 14.1 Å². The van der Waals surface area contributed by atoms with Crippen LogP contribution in [0.3, 0.4) is 0 Å². The van der Waals surface area contributed by atoms with Crippen LogP contribution >= 0.6 is 0 Å². The Morgan fingerprint density at radius 2 is 0.721 bits per heavy atom. The molecule has 9 aromatic rings. The molecule has 2 atom stereocenters. The Bertz CT molecular complexity index is 4020. The van der Waals surface area contributed by atoms with E-state index in [1.807, 2.05) is 0 Å². The summed E-state index contributed by atoms with van der Waals surface area (Å²) in [6, 6.07) is 78.4. The van der Waals surface area contributed by atoms with Gasteiger partial charge in [-0.1, -0.05) is 233 Å². The van der Waals surface area contributed by atoms with Gasteiger partial charge in [-0.15, -0.1) is 0 Å². The largest absolute Gasteiger partial charge is 0.347 e. The Morgan fingerprint density at radius 1 is 0.372 bits per heavy atom. The number of anilines is 2. The summed E-state index contributed by atoms with van der Waals surface area (Å²) >= 11 is 0. The van der Waals surface area contributed by atoms with Crippen molar-refractivity contribution in [3.63, 3.8) is 0 Å². The van der Waals surface area contributed by atoms with Gasteiger partial charge in [0.25, 0.3) is 0 Å². The molecule has 86 heavy (non-hydrogen) atoms. The Hall–Kier alpha value is -8.60. The lowest BCUT2D eigenvalue weighted by Gasteiger charge is -2.36. The van der Waals surface area contributed by atoms with Gasteiger partial charge >= 0.3 is 0 Å². The molecular formula is C82H80N4+2. The summed E-state index contributed by atoms with van der Waals surface area (Å²) in [4.78, 5) is 5.05. The van der Waals surface area contributed by atoms with E-state index in [2.05, 4.69) is 290 Å². The third-order valence-corrected chi connectivity index (χ3v) is 21.6. The minimum atomic E-state index is -0.327. The van der Waals surface area contributed by atoms with E-state index < -0.39 is 0 Å². The van der Waals surface area contributed by atoms with Crippen LogP contribution in [0.5, 0.6) is 0 Å². The van der Waals surface area contributed by atoms with E-state index in [9.17, 15) is 0 Å². The van der Waals surface area contributed by atoms with Crippen LogP contribution in [0.1, 0.15) is 109 Å². The molecule has 4 aliphatic heterocycles. The Labute approximate surface area is 510 Å². The molecule has 0 bridgehead atoms. The zero-order valence-electron chi connectivity index (χ0n) is 50.8. The number of benzene rings is 9. The number of para-hydroxylation sites is 2. The molecule has 0 N–H and O–H groups in total. The van der Waals surface area contributed by atoms with E-state index in [4.69, 9.17) is 0 Å². The molecule has 2 spiro atoms. The SMILES string of the molecule is CN1/C(=C/C=C/C2=[N+](C)c3ccccc3C2(Cc2ccccc2)Cc2ccc(CC3(Cc4ccccc4)C(/C=C/C=C4/N(C)c5ccc6ccccc6c5C45CCCCC5)=[N+](C)c4ccccc43)cc2)C2(CCCCC2)c2c1ccc1ccccc21.